The first kappa shape index (κ1) is 27.5. The number of hydrogen-bond acceptors (Lipinski definition) is 4. The van der Waals surface area contributed by atoms with Crippen LogP contribution in [0.5, 0.6) is 0 Å². The van der Waals surface area contributed by atoms with Gasteiger partial charge in [-0.3, -0.25) is 15.6 Å². The second kappa shape index (κ2) is 12.4. The molecule has 1 fully saturated rings. The number of urea groups is 1. The number of quaternary nitrogens is 1. The van der Waals surface area contributed by atoms with E-state index in [0.29, 0.717) is 35.4 Å². The van der Waals surface area contributed by atoms with Crippen LogP contribution in [0.15, 0.2) is 67.0 Å². The zero-order valence-electron chi connectivity index (χ0n) is 20.6. The molecule has 1 aliphatic rings. The first-order chi connectivity index (χ1) is 17.7. The molecule has 3 N–H and O–H groups in total. The molecule has 0 bridgehead atoms. The van der Waals surface area contributed by atoms with E-state index in [1.165, 1.54) is 0 Å². The molecule has 10 heteroatoms. The SMILES string of the molecule is CCS(=O)(=O)N1CCC(C(C[NH2+]C(=O)Nc2cc(Cl)cc(Cl)c2)c2ccc(-c3cccnc3)cc2)CC1. The first-order valence-electron chi connectivity index (χ1n) is 12.3. The van der Waals surface area contributed by atoms with Gasteiger partial charge in [-0.05, 0) is 66.6 Å². The Hall–Kier alpha value is -2.49. The minimum Gasteiger partial charge on any atom is -0.275 e. The van der Waals surface area contributed by atoms with Crippen molar-refractivity contribution in [2.24, 2.45) is 5.92 Å². The summed E-state index contributed by atoms with van der Waals surface area (Å²) in [5, 5.41) is 5.39. The Morgan fingerprint density at radius 1 is 1.08 bits per heavy atom. The maximum atomic E-state index is 12.8. The number of primary amides is 1. The number of hydrogen-bond donors (Lipinski definition) is 2. The number of aromatic nitrogens is 1. The zero-order valence-corrected chi connectivity index (χ0v) is 22.9. The van der Waals surface area contributed by atoms with Crippen LogP contribution in [-0.2, 0) is 10.0 Å². The fourth-order valence-corrected chi connectivity index (χ4v) is 6.51. The van der Waals surface area contributed by atoms with Crippen molar-refractivity contribution in [3.05, 3.63) is 82.6 Å². The Morgan fingerprint density at radius 2 is 1.76 bits per heavy atom. The molecular weight excluding hydrogens is 531 g/mol. The van der Waals surface area contributed by atoms with Crippen LogP contribution in [-0.4, -0.2) is 49.1 Å². The highest BCUT2D eigenvalue weighted by molar-refractivity contribution is 7.89. The van der Waals surface area contributed by atoms with E-state index in [0.717, 1.165) is 29.5 Å². The van der Waals surface area contributed by atoms with Crippen molar-refractivity contribution in [1.29, 1.82) is 0 Å². The number of halogens is 2. The molecule has 1 atom stereocenters. The normalized spacial score (nSPS) is 15.9. The molecule has 3 aromatic rings. The van der Waals surface area contributed by atoms with Crippen LogP contribution in [0.2, 0.25) is 10.0 Å². The van der Waals surface area contributed by atoms with Crippen LogP contribution in [0.25, 0.3) is 11.1 Å². The van der Waals surface area contributed by atoms with Crippen LogP contribution in [0, 0.1) is 5.92 Å². The molecule has 1 aromatic heterocycles. The van der Waals surface area contributed by atoms with Gasteiger partial charge < -0.3 is 0 Å². The second-order valence-corrected chi connectivity index (χ2v) is 12.3. The number of sulfonamides is 1. The molecule has 1 unspecified atom stereocenters. The average molecular weight is 563 g/mol. The summed E-state index contributed by atoms with van der Waals surface area (Å²) in [7, 11) is -3.20. The minimum absolute atomic E-state index is 0.0723. The predicted molar refractivity (Wildman–Crippen MR) is 148 cm³/mol. The Morgan fingerprint density at radius 3 is 2.35 bits per heavy atom. The molecule has 4 rings (SSSR count). The summed E-state index contributed by atoms with van der Waals surface area (Å²) in [6, 6.07) is 17.0. The molecule has 0 spiro atoms. The Balaban J connectivity index is 1.49. The largest absolute Gasteiger partial charge is 0.417 e. The Bertz CT molecular complexity index is 1290. The van der Waals surface area contributed by atoms with E-state index < -0.39 is 10.0 Å². The number of carbonyl (C=O) groups is 1. The number of amides is 2. The minimum atomic E-state index is -3.20. The molecule has 37 heavy (non-hydrogen) atoms. The zero-order chi connectivity index (χ0) is 26.4. The maximum absolute atomic E-state index is 12.8. The van der Waals surface area contributed by atoms with Crippen molar-refractivity contribution in [3.8, 4) is 11.1 Å². The number of nitrogens with one attached hydrogen (secondary N) is 1. The smallest absolute Gasteiger partial charge is 0.275 e. The topological polar surface area (TPSA) is 96.0 Å². The molecule has 0 saturated carbocycles. The fourth-order valence-electron chi connectivity index (χ4n) is 4.85. The van der Waals surface area contributed by atoms with Gasteiger partial charge in [0.25, 0.3) is 0 Å². The Kier molecular flexibility index (Phi) is 9.21. The van der Waals surface area contributed by atoms with E-state index in [4.69, 9.17) is 23.2 Å². The summed E-state index contributed by atoms with van der Waals surface area (Å²) in [4.78, 5) is 17.0. The lowest BCUT2D eigenvalue weighted by Gasteiger charge is -2.35. The van der Waals surface area contributed by atoms with E-state index in [2.05, 4.69) is 34.6 Å². The van der Waals surface area contributed by atoms with Gasteiger partial charge >= 0.3 is 6.03 Å². The number of anilines is 1. The van der Waals surface area contributed by atoms with Gasteiger partial charge in [-0.25, -0.2) is 17.5 Å². The number of pyridine rings is 1. The molecule has 0 radical (unpaired) electrons. The van der Waals surface area contributed by atoms with Crippen LogP contribution < -0.4 is 10.6 Å². The quantitative estimate of drug-likeness (QED) is 0.404. The van der Waals surface area contributed by atoms with Crippen molar-refractivity contribution in [2.45, 2.75) is 25.7 Å². The van der Waals surface area contributed by atoms with Crippen molar-refractivity contribution in [2.75, 3.05) is 30.7 Å². The highest BCUT2D eigenvalue weighted by Crippen LogP contribution is 2.34. The monoisotopic (exact) mass is 561 g/mol. The third-order valence-corrected chi connectivity index (χ3v) is 9.16. The second-order valence-electron chi connectivity index (χ2n) is 9.19. The van der Waals surface area contributed by atoms with Gasteiger partial charge in [-0.15, -0.1) is 0 Å². The van der Waals surface area contributed by atoms with E-state index in [1.807, 2.05) is 18.3 Å². The van der Waals surface area contributed by atoms with Crippen LogP contribution in [0.3, 0.4) is 0 Å². The fraction of sp³-hybridized carbons (Fsp3) is 0.333. The molecule has 1 saturated heterocycles. The van der Waals surface area contributed by atoms with Gasteiger partial charge in [0, 0.05) is 47.1 Å². The number of nitrogens with two attached hydrogens (primary N) is 1. The van der Waals surface area contributed by atoms with Gasteiger partial charge in [0.15, 0.2) is 0 Å². The molecule has 1 aliphatic heterocycles. The average Bonchev–Trinajstić information content (AvgIpc) is 2.89. The summed E-state index contributed by atoms with van der Waals surface area (Å²) in [5.74, 6) is 0.429. The third kappa shape index (κ3) is 7.30. The Labute approximate surface area is 228 Å². The van der Waals surface area contributed by atoms with Gasteiger partial charge in [0.1, 0.15) is 0 Å². The number of benzene rings is 2. The van der Waals surface area contributed by atoms with Gasteiger partial charge in [0.2, 0.25) is 10.0 Å². The lowest BCUT2D eigenvalue weighted by Crippen LogP contribution is -2.90. The lowest BCUT2D eigenvalue weighted by molar-refractivity contribution is -0.556. The molecular formula is C27H31Cl2N4O3S+. The van der Waals surface area contributed by atoms with Crippen molar-refractivity contribution < 1.29 is 18.5 Å². The standard InChI is InChI=1S/C27H30Cl2N4O3S/c1-2-37(35,36)33-12-9-21(10-13-33)26(18-31-27(34)32-25-15-23(28)14-24(29)16-25)20-7-5-19(6-8-20)22-4-3-11-30-17-22/h3-8,11,14-17,21,26H,2,9-10,12-13,18H2,1H3,(H2,31,32,34)/p+1. The van der Waals surface area contributed by atoms with Crippen molar-refractivity contribution in [3.63, 3.8) is 0 Å². The third-order valence-electron chi connectivity index (χ3n) is 6.85. The van der Waals surface area contributed by atoms with Crippen molar-refractivity contribution >= 4 is 44.9 Å². The van der Waals surface area contributed by atoms with E-state index in [-0.39, 0.29) is 23.6 Å². The summed E-state index contributed by atoms with van der Waals surface area (Å²) < 4.78 is 26.3. The maximum Gasteiger partial charge on any atom is 0.417 e. The highest BCUT2D eigenvalue weighted by atomic mass is 35.5. The molecule has 196 valence electrons. The van der Waals surface area contributed by atoms with Crippen molar-refractivity contribution in [1.82, 2.24) is 9.29 Å². The summed E-state index contributed by atoms with van der Waals surface area (Å²) in [6.07, 6.45) is 5.06. The molecule has 2 heterocycles. The molecule has 7 nitrogen and oxygen atoms in total. The van der Waals surface area contributed by atoms with Crippen LogP contribution >= 0.6 is 23.2 Å². The van der Waals surface area contributed by atoms with Gasteiger partial charge in [0.05, 0.1) is 12.3 Å². The molecule has 2 aromatic carbocycles. The van der Waals surface area contributed by atoms with E-state index >= 15 is 0 Å². The number of carbonyl (C=O) groups excluding carboxylic acids is 1. The summed E-state index contributed by atoms with van der Waals surface area (Å²) in [6.45, 7) is 3.20. The van der Waals surface area contributed by atoms with E-state index in [9.17, 15) is 13.2 Å². The van der Waals surface area contributed by atoms with Crippen LogP contribution in [0.1, 0.15) is 31.2 Å². The van der Waals surface area contributed by atoms with E-state index in [1.54, 1.807) is 40.9 Å². The number of nitrogens with zero attached hydrogens (tertiary/aromatic N) is 2. The van der Waals surface area contributed by atoms with Crippen LogP contribution in [0.4, 0.5) is 10.5 Å². The summed E-state index contributed by atoms with van der Waals surface area (Å²) in [5.41, 5.74) is 3.77. The lowest BCUT2D eigenvalue weighted by atomic mass is 9.80. The van der Waals surface area contributed by atoms with Gasteiger partial charge in [-0.1, -0.05) is 53.5 Å². The summed E-state index contributed by atoms with van der Waals surface area (Å²) >= 11 is 12.1. The van der Waals surface area contributed by atoms with Gasteiger partial charge in [-0.2, -0.15) is 0 Å². The highest BCUT2D eigenvalue weighted by Gasteiger charge is 2.33. The molecule has 0 aliphatic carbocycles. The number of piperidine rings is 1. The predicted octanol–water partition coefficient (Wildman–Crippen LogP) is 5.00. The first-order valence-corrected chi connectivity index (χ1v) is 14.7. The number of rotatable bonds is 8. The molecule has 2 amide bonds.